The lowest BCUT2D eigenvalue weighted by Gasteiger charge is -2.29. The molecule has 0 aromatic heterocycles. The van der Waals surface area contributed by atoms with Crippen molar-refractivity contribution < 1.29 is 24.3 Å². The van der Waals surface area contributed by atoms with Gasteiger partial charge in [0, 0.05) is 13.6 Å². The first-order chi connectivity index (χ1) is 9.07. The van der Waals surface area contributed by atoms with Crippen LogP contribution in [-0.2, 0) is 14.4 Å². The first-order valence-electron chi connectivity index (χ1n) is 6.17. The fourth-order valence-corrected chi connectivity index (χ4v) is 1.81. The highest BCUT2D eigenvalue weighted by molar-refractivity contribution is 6.07. The summed E-state index contributed by atoms with van der Waals surface area (Å²) in [5.41, 5.74) is -1.09. The summed E-state index contributed by atoms with van der Waals surface area (Å²) in [6.07, 6.45) is 0. The number of carbonyl (C=O) groups is 4. The van der Waals surface area contributed by atoms with E-state index in [-0.39, 0.29) is 13.1 Å². The molecule has 0 bridgehead atoms. The van der Waals surface area contributed by atoms with Gasteiger partial charge in [0.1, 0.15) is 12.1 Å². The van der Waals surface area contributed by atoms with Gasteiger partial charge in [0.25, 0.3) is 5.91 Å². The maximum absolute atomic E-state index is 12.0. The number of nitrogens with zero attached hydrogens (tertiary/aromatic N) is 2. The number of likely N-dealkylation sites (N-methyl/N-ethyl adjacent to an activating group) is 1. The number of hydrogen-bond acceptors (Lipinski definition) is 4. The van der Waals surface area contributed by atoms with E-state index in [1.807, 2.05) is 0 Å². The third kappa shape index (κ3) is 3.06. The Morgan fingerprint density at radius 3 is 2.35 bits per heavy atom. The average molecular weight is 285 g/mol. The normalized spacial score (nSPS) is 18.7. The van der Waals surface area contributed by atoms with Crippen LogP contribution in [0.5, 0.6) is 0 Å². The van der Waals surface area contributed by atoms with E-state index in [2.05, 4.69) is 5.32 Å². The smallest absolute Gasteiger partial charge is 0.325 e. The summed E-state index contributed by atoms with van der Waals surface area (Å²) >= 11 is 0. The van der Waals surface area contributed by atoms with E-state index in [9.17, 15) is 19.2 Å². The molecule has 2 N–H and O–H groups in total. The van der Waals surface area contributed by atoms with Crippen LogP contribution in [0.4, 0.5) is 4.79 Å². The summed E-state index contributed by atoms with van der Waals surface area (Å²) in [5.74, 6) is -2.59. The van der Waals surface area contributed by atoms with Crippen LogP contribution in [0.25, 0.3) is 0 Å². The number of rotatable bonds is 5. The van der Waals surface area contributed by atoms with Crippen LogP contribution in [0.15, 0.2) is 0 Å². The molecule has 8 nitrogen and oxygen atoms in total. The largest absolute Gasteiger partial charge is 0.481 e. The SMILES string of the molecule is C[C@@H](CN(C)C(=O)CN1C(=O)NC(=O)C1(C)C)C(=O)O. The van der Waals surface area contributed by atoms with Crippen molar-refractivity contribution in [3.05, 3.63) is 0 Å². The Morgan fingerprint density at radius 2 is 1.95 bits per heavy atom. The van der Waals surface area contributed by atoms with Crippen LogP contribution in [0.3, 0.4) is 0 Å². The molecule has 1 atom stereocenters. The lowest BCUT2D eigenvalue weighted by molar-refractivity contribution is -0.142. The molecule has 1 aliphatic heterocycles. The molecule has 8 heteroatoms. The lowest BCUT2D eigenvalue weighted by Crippen LogP contribution is -2.49. The van der Waals surface area contributed by atoms with Crippen LogP contribution in [0.2, 0.25) is 0 Å². The predicted octanol–water partition coefficient (Wildman–Crippen LogP) is -0.504. The summed E-state index contributed by atoms with van der Waals surface area (Å²) in [6.45, 7) is 4.34. The second kappa shape index (κ2) is 5.48. The molecule has 1 fully saturated rings. The second-order valence-corrected chi connectivity index (χ2v) is 5.42. The van der Waals surface area contributed by atoms with Gasteiger partial charge in [-0.3, -0.25) is 19.7 Å². The van der Waals surface area contributed by atoms with Crippen molar-refractivity contribution in [2.24, 2.45) is 5.92 Å². The number of imide groups is 1. The first kappa shape index (κ1) is 15.9. The summed E-state index contributed by atoms with van der Waals surface area (Å²) in [5, 5.41) is 10.9. The first-order valence-corrected chi connectivity index (χ1v) is 6.17. The summed E-state index contributed by atoms with van der Waals surface area (Å²) < 4.78 is 0. The monoisotopic (exact) mass is 285 g/mol. The average Bonchev–Trinajstić information content (AvgIpc) is 2.51. The molecule has 0 radical (unpaired) electrons. The van der Waals surface area contributed by atoms with Gasteiger partial charge in [-0.2, -0.15) is 0 Å². The van der Waals surface area contributed by atoms with Crippen molar-refractivity contribution in [1.29, 1.82) is 0 Å². The molecule has 0 unspecified atom stereocenters. The molecule has 0 aromatic carbocycles. The molecule has 0 aliphatic carbocycles. The van der Waals surface area contributed by atoms with Gasteiger partial charge >= 0.3 is 12.0 Å². The van der Waals surface area contributed by atoms with E-state index in [4.69, 9.17) is 5.11 Å². The number of nitrogens with one attached hydrogen (secondary N) is 1. The van der Waals surface area contributed by atoms with E-state index in [1.54, 1.807) is 13.8 Å². The highest BCUT2D eigenvalue weighted by atomic mass is 16.4. The van der Waals surface area contributed by atoms with E-state index in [0.717, 1.165) is 4.90 Å². The number of urea groups is 1. The molecule has 1 aliphatic rings. The molecule has 1 saturated heterocycles. The van der Waals surface area contributed by atoms with Crippen LogP contribution in [0.1, 0.15) is 20.8 Å². The van der Waals surface area contributed by atoms with Crippen molar-refractivity contribution in [1.82, 2.24) is 15.1 Å². The minimum absolute atomic E-state index is 0.0397. The van der Waals surface area contributed by atoms with E-state index >= 15 is 0 Å². The highest BCUT2D eigenvalue weighted by Gasteiger charge is 2.46. The van der Waals surface area contributed by atoms with Crippen LogP contribution in [0, 0.1) is 5.92 Å². The highest BCUT2D eigenvalue weighted by Crippen LogP contribution is 2.20. The van der Waals surface area contributed by atoms with Crippen LogP contribution < -0.4 is 5.32 Å². The van der Waals surface area contributed by atoms with Crippen molar-refractivity contribution in [2.45, 2.75) is 26.3 Å². The minimum Gasteiger partial charge on any atom is -0.481 e. The number of carbonyl (C=O) groups excluding carboxylic acids is 3. The maximum Gasteiger partial charge on any atom is 0.325 e. The lowest BCUT2D eigenvalue weighted by atomic mass is 10.0. The molecular formula is C12H19N3O5. The van der Waals surface area contributed by atoms with Crippen LogP contribution >= 0.6 is 0 Å². The Labute approximate surface area is 116 Å². The summed E-state index contributed by atoms with van der Waals surface area (Å²) in [6, 6.07) is -0.618. The molecule has 1 rings (SSSR count). The van der Waals surface area contributed by atoms with E-state index in [1.165, 1.54) is 18.9 Å². The zero-order valence-electron chi connectivity index (χ0n) is 12.0. The summed E-state index contributed by atoms with van der Waals surface area (Å²) in [7, 11) is 1.46. The molecule has 1 heterocycles. The second-order valence-electron chi connectivity index (χ2n) is 5.42. The van der Waals surface area contributed by atoms with Gasteiger partial charge in [0.05, 0.1) is 5.92 Å². The van der Waals surface area contributed by atoms with Crippen LogP contribution in [-0.4, -0.2) is 64.4 Å². The Balaban J connectivity index is 2.69. The molecule has 0 spiro atoms. The number of amides is 4. The van der Waals surface area contributed by atoms with Gasteiger partial charge in [-0.15, -0.1) is 0 Å². The van der Waals surface area contributed by atoms with Gasteiger partial charge in [0.15, 0.2) is 0 Å². The van der Waals surface area contributed by atoms with Crippen molar-refractivity contribution in [3.63, 3.8) is 0 Å². The van der Waals surface area contributed by atoms with Gasteiger partial charge in [-0.1, -0.05) is 6.92 Å². The number of carboxylic acid groups (broad SMARTS) is 1. The number of aliphatic carboxylic acids is 1. The third-order valence-corrected chi connectivity index (χ3v) is 3.38. The number of carboxylic acids is 1. The zero-order chi connectivity index (χ0) is 15.7. The standard InChI is InChI=1S/C12H19N3O5/c1-7(9(17)18)5-14(4)8(16)6-15-11(20)13-10(19)12(15,2)3/h7H,5-6H2,1-4H3,(H,17,18)(H,13,19,20)/t7-/m0/s1. The quantitative estimate of drug-likeness (QED) is 0.662. The molecule has 0 saturated carbocycles. The van der Waals surface area contributed by atoms with Crippen molar-refractivity contribution in [2.75, 3.05) is 20.1 Å². The molecular weight excluding hydrogens is 266 g/mol. The van der Waals surface area contributed by atoms with Crippen molar-refractivity contribution >= 4 is 23.8 Å². The molecule has 20 heavy (non-hydrogen) atoms. The fourth-order valence-electron chi connectivity index (χ4n) is 1.81. The summed E-state index contributed by atoms with van der Waals surface area (Å²) in [4.78, 5) is 48.3. The fraction of sp³-hybridized carbons (Fsp3) is 0.667. The Hall–Kier alpha value is -2.12. The molecule has 4 amide bonds. The maximum atomic E-state index is 12.0. The van der Waals surface area contributed by atoms with Gasteiger partial charge in [-0.25, -0.2) is 4.79 Å². The van der Waals surface area contributed by atoms with E-state index in [0.29, 0.717) is 0 Å². The molecule has 112 valence electrons. The molecule has 0 aromatic rings. The Morgan fingerprint density at radius 1 is 1.40 bits per heavy atom. The minimum atomic E-state index is -1.09. The third-order valence-electron chi connectivity index (χ3n) is 3.38. The van der Waals surface area contributed by atoms with E-state index < -0.39 is 35.3 Å². The Bertz CT molecular complexity index is 460. The number of hydrogen-bond donors (Lipinski definition) is 2. The topological polar surface area (TPSA) is 107 Å². The van der Waals surface area contributed by atoms with Gasteiger partial charge < -0.3 is 14.9 Å². The zero-order valence-corrected chi connectivity index (χ0v) is 12.0. The Kier molecular flexibility index (Phi) is 4.36. The predicted molar refractivity (Wildman–Crippen MR) is 68.8 cm³/mol. The van der Waals surface area contributed by atoms with Gasteiger partial charge in [-0.05, 0) is 13.8 Å². The van der Waals surface area contributed by atoms with Gasteiger partial charge in [0.2, 0.25) is 5.91 Å². The van der Waals surface area contributed by atoms with Crippen molar-refractivity contribution in [3.8, 4) is 0 Å².